The molecule has 2 aromatic rings. The summed E-state index contributed by atoms with van der Waals surface area (Å²) in [5, 5.41) is 9.30. The van der Waals surface area contributed by atoms with E-state index < -0.39 is 0 Å². The molecule has 0 spiro atoms. The minimum atomic E-state index is -0.243. The largest absolute Gasteiger partial charge is 0.476 e. The van der Waals surface area contributed by atoms with Crippen LogP contribution in [0.1, 0.15) is 26.0 Å². The summed E-state index contributed by atoms with van der Waals surface area (Å²) in [5.74, 6) is 0.709. The first-order chi connectivity index (χ1) is 11.1. The molecule has 0 aliphatic carbocycles. The summed E-state index contributed by atoms with van der Waals surface area (Å²) in [5.41, 5.74) is 6.92. The maximum atomic E-state index is 9.30. The van der Waals surface area contributed by atoms with E-state index in [-0.39, 0.29) is 30.8 Å². The van der Waals surface area contributed by atoms with Gasteiger partial charge in [0.15, 0.2) is 11.2 Å². The first-order valence-corrected chi connectivity index (χ1v) is 7.64. The number of aliphatic hydroxyl groups is 1. The van der Waals surface area contributed by atoms with Crippen LogP contribution in [0.4, 0.5) is 5.95 Å². The number of ether oxygens (including phenoxy) is 2. The Hall–Kier alpha value is -2.19. The maximum absolute atomic E-state index is 9.30. The van der Waals surface area contributed by atoms with E-state index in [2.05, 4.69) is 28.5 Å². The van der Waals surface area contributed by atoms with Crippen molar-refractivity contribution in [3.63, 3.8) is 0 Å². The molecule has 1 saturated heterocycles. The van der Waals surface area contributed by atoms with Crippen LogP contribution in [0.15, 0.2) is 19.0 Å². The van der Waals surface area contributed by atoms with Crippen molar-refractivity contribution in [2.45, 2.75) is 32.1 Å². The van der Waals surface area contributed by atoms with Crippen molar-refractivity contribution in [3.8, 4) is 5.88 Å². The molecule has 1 fully saturated rings. The summed E-state index contributed by atoms with van der Waals surface area (Å²) in [6.07, 6.45) is 4.49. The second kappa shape index (κ2) is 6.51. The van der Waals surface area contributed by atoms with E-state index in [0.29, 0.717) is 30.1 Å². The van der Waals surface area contributed by atoms with Crippen LogP contribution in [-0.4, -0.2) is 43.9 Å². The highest BCUT2D eigenvalue weighted by atomic mass is 16.5. The molecule has 8 heteroatoms. The molecule has 3 heterocycles. The second-order valence-electron chi connectivity index (χ2n) is 5.68. The lowest BCUT2D eigenvalue weighted by molar-refractivity contribution is -0.0294. The number of rotatable bonds is 6. The van der Waals surface area contributed by atoms with Gasteiger partial charge in [-0.15, -0.1) is 6.58 Å². The summed E-state index contributed by atoms with van der Waals surface area (Å²) in [6, 6.07) is 0. The average molecular weight is 319 g/mol. The Kier molecular flexibility index (Phi) is 4.44. The molecule has 0 aromatic carbocycles. The van der Waals surface area contributed by atoms with Crippen molar-refractivity contribution in [1.29, 1.82) is 0 Å². The van der Waals surface area contributed by atoms with Gasteiger partial charge in [0, 0.05) is 5.92 Å². The number of aromatic nitrogens is 4. The quantitative estimate of drug-likeness (QED) is 0.610. The van der Waals surface area contributed by atoms with Gasteiger partial charge in [0.2, 0.25) is 11.8 Å². The average Bonchev–Trinajstić information content (AvgIpc) is 3.10. The Labute approximate surface area is 134 Å². The van der Waals surface area contributed by atoms with Gasteiger partial charge < -0.3 is 20.3 Å². The Morgan fingerprint density at radius 1 is 1.57 bits per heavy atom. The minimum Gasteiger partial charge on any atom is -0.476 e. The first-order valence-electron chi connectivity index (χ1n) is 7.64. The minimum absolute atomic E-state index is 0.000503. The first kappa shape index (κ1) is 15.7. The third-order valence-corrected chi connectivity index (χ3v) is 3.90. The van der Waals surface area contributed by atoms with Crippen LogP contribution in [0, 0.1) is 5.92 Å². The maximum Gasteiger partial charge on any atom is 0.247 e. The lowest BCUT2D eigenvalue weighted by Gasteiger charge is -2.17. The van der Waals surface area contributed by atoms with Crippen LogP contribution in [0.25, 0.3) is 11.2 Å². The van der Waals surface area contributed by atoms with Crippen LogP contribution in [0.5, 0.6) is 5.88 Å². The van der Waals surface area contributed by atoms with Gasteiger partial charge in [-0.05, 0) is 12.8 Å². The predicted molar refractivity (Wildman–Crippen MR) is 84.8 cm³/mol. The van der Waals surface area contributed by atoms with Gasteiger partial charge in [-0.1, -0.05) is 13.0 Å². The van der Waals surface area contributed by atoms with E-state index in [1.165, 1.54) is 0 Å². The number of aliphatic hydroxyl groups excluding tert-OH is 1. The third kappa shape index (κ3) is 2.99. The SMILES string of the molecule is C=CCCOc1nc(N)nc2c1ncn2C1OC(CO)CC1C. The molecule has 2 aromatic heterocycles. The zero-order valence-corrected chi connectivity index (χ0v) is 13.1. The summed E-state index contributed by atoms with van der Waals surface area (Å²) in [6.45, 7) is 6.17. The van der Waals surface area contributed by atoms with Gasteiger partial charge in [-0.3, -0.25) is 4.57 Å². The number of fused-ring (bicyclic) bond motifs is 1. The molecule has 3 atom stereocenters. The molecule has 124 valence electrons. The molecular formula is C15H21N5O3. The van der Waals surface area contributed by atoms with Crippen LogP contribution in [0.2, 0.25) is 0 Å². The lowest BCUT2D eigenvalue weighted by atomic mass is 10.1. The molecule has 3 rings (SSSR count). The highest BCUT2D eigenvalue weighted by Gasteiger charge is 2.34. The van der Waals surface area contributed by atoms with Gasteiger partial charge in [0.1, 0.15) is 6.23 Å². The molecular weight excluding hydrogens is 298 g/mol. The Morgan fingerprint density at radius 2 is 2.39 bits per heavy atom. The predicted octanol–water partition coefficient (Wildman–Crippen LogP) is 1.28. The van der Waals surface area contributed by atoms with Crippen molar-refractivity contribution in [2.75, 3.05) is 18.9 Å². The van der Waals surface area contributed by atoms with Gasteiger partial charge in [0.05, 0.1) is 25.6 Å². The number of nitrogens with two attached hydrogens (primary N) is 1. The van der Waals surface area contributed by atoms with Gasteiger partial charge in [-0.2, -0.15) is 9.97 Å². The zero-order valence-electron chi connectivity index (χ0n) is 13.1. The van der Waals surface area contributed by atoms with Crippen LogP contribution >= 0.6 is 0 Å². The second-order valence-corrected chi connectivity index (χ2v) is 5.68. The molecule has 3 N–H and O–H groups in total. The highest BCUT2D eigenvalue weighted by Crippen LogP contribution is 2.36. The monoisotopic (exact) mass is 319 g/mol. The fourth-order valence-electron chi connectivity index (χ4n) is 2.81. The molecule has 0 bridgehead atoms. The van der Waals surface area contributed by atoms with Crippen molar-refractivity contribution < 1.29 is 14.6 Å². The van der Waals surface area contributed by atoms with E-state index in [1.807, 2.05) is 4.57 Å². The summed E-state index contributed by atoms with van der Waals surface area (Å²) in [4.78, 5) is 12.8. The number of hydrogen-bond donors (Lipinski definition) is 2. The normalized spacial score (nSPS) is 24.2. The van der Waals surface area contributed by atoms with E-state index in [1.54, 1.807) is 12.4 Å². The molecule has 23 heavy (non-hydrogen) atoms. The molecule has 3 unspecified atom stereocenters. The van der Waals surface area contributed by atoms with Gasteiger partial charge in [-0.25, -0.2) is 4.98 Å². The Bertz CT molecular complexity index is 702. The Morgan fingerprint density at radius 3 is 3.09 bits per heavy atom. The fraction of sp³-hybridized carbons (Fsp3) is 0.533. The number of nitrogens with zero attached hydrogens (tertiary/aromatic N) is 4. The van der Waals surface area contributed by atoms with E-state index >= 15 is 0 Å². The fourth-order valence-corrected chi connectivity index (χ4v) is 2.81. The highest BCUT2D eigenvalue weighted by molar-refractivity contribution is 5.77. The van der Waals surface area contributed by atoms with E-state index in [0.717, 1.165) is 6.42 Å². The Balaban J connectivity index is 1.95. The molecule has 0 amide bonds. The van der Waals surface area contributed by atoms with Crippen molar-refractivity contribution >= 4 is 17.1 Å². The van der Waals surface area contributed by atoms with E-state index in [4.69, 9.17) is 15.2 Å². The smallest absolute Gasteiger partial charge is 0.247 e. The zero-order chi connectivity index (χ0) is 16.4. The summed E-state index contributed by atoms with van der Waals surface area (Å²) in [7, 11) is 0. The van der Waals surface area contributed by atoms with Crippen molar-refractivity contribution in [2.24, 2.45) is 5.92 Å². The van der Waals surface area contributed by atoms with E-state index in [9.17, 15) is 5.11 Å². The summed E-state index contributed by atoms with van der Waals surface area (Å²) >= 11 is 0. The molecule has 1 aliphatic rings. The number of imidazole rings is 1. The third-order valence-electron chi connectivity index (χ3n) is 3.90. The number of anilines is 1. The van der Waals surface area contributed by atoms with Crippen LogP contribution in [0.3, 0.4) is 0 Å². The lowest BCUT2D eigenvalue weighted by Crippen LogP contribution is -2.15. The van der Waals surface area contributed by atoms with Gasteiger partial charge >= 0.3 is 0 Å². The molecule has 8 nitrogen and oxygen atoms in total. The molecule has 0 radical (unpaired) electrons. The van der Waals surface area contributed by atoms with Crippen LogP contribution < -0.4 is 10.5 Å². The standard InChI is InChI=1S/C15H21N5O3/c1-3-4-5-22-13-11-12(18-15(16)19-13)20(8-17-11)14-9(2)6-10(7-21)23-14/h3,8-10,14,21H,1,4-7H2,2H3,(H2,16,18,19). The molecule has 0 saturated carbocycles. The van der Waals surface area contributed by atoms with Crippen LogP contribution in [-0.2, 0) is 4.74 Å². The summed E-state index contributed by atoms with van der Waals surface area (Å²) < 4.78 is 13.3. The van der Waals surface area contributed by atoms with Crippen molar-refractivity contribution in [1.82, 2.24) is 19.5 Å². The number of hydrogen-bond acceptors (Lipinski definition) is 7. The molecule has 1 aliphatic heterocycles. The number of nitrogen functional groups attached to an aromatic ring is 1. The van der Waals surface area contributed by atoms with Gasteiger partial charge in [0.25, 0.3) is 0 Å². The van der Waals surface area contributed by atoms with Crippen molar-refractivity contribution in [3.05, 3.63) is 19.0 Å². The topological polar surface area (TPSA) is 108 Å².